The third-order valence-corrected chi connectivity index (χ3v) is 4.02. The van der Waals surface area contributed by atoms with Gasteiger partial charge in [0.05, 0.1) is 12.4 Å². The summed E-state index contributed by atoms with van der Waals surface area (Å²) in [7, 11) is 0. The molecule has 1 saturated carbocycles. The first-order valence-corrected chi connectivity index (χ1v) is 8.07. The van der Waals surface area contributed by atoms with Crippen molar-refractivity contribution in [2.24, 2.45) is 0 Å². The Hall–Kier alpha value is -2.50. The number of pyridine rings is 1. The van der Waals surface area contributed by atoms with E-state index >= 15 is 0 Å². The van der Waals surface area contributed by atoms with Crippen LogP contribution < -0.4 is 10.6 Å². The standard InChI is InChI=1S/C17H21N5O/c23-17(22-14-6-2-1-3-7-14)15-11-21-16(12-19-15)20-10-13-5-4-8-18-9-13/h4-5,8-9,11-12,14H,1-3,6-7,10H2,(H,20,21)(H,22,23). The van der Waals surface area contributed by atoms with Crippen LogP contribution in [0.5, 0.6) is 0 Å². The molecule has 0 radical (unpaired) electrons. The molecule has 0 bridgehead atoms. The fourth-order valence-corrected chi connectivity index (χ4v) is 2.74. The van der Waals surface area contributed by atoms with Crippen molar-refractivity contribution < 1.29 is 4.79 Å². The van der Waals surface area contributed by atoms with Crippen molar-refractivity contribution in [1.29, 1.82) is 0 Å². The number of amides is 1. The minimum Gasteiger partial charge on any atom is -0.365 e. The summed E-state index contributed by atoms with van der Waals surface area (Å²) in [5.74, 6) is 0.506. The molecule has 23 heavy (non-hydrogen) atoms. The molecule has 3 rings (SSSR count). The Bertz CT molecular complexity index is 623. The summed E-state index contributed by atoms with van der Waals surface area (Å²) >= 11 is 0. The highest BCUT2D eigenvalue weighted by Crippen LogP contribution is 2.17. The summed E-state index contributed by atoms with van der Waals surface area (Å²) in [5, 5.41) is 6.21. The number of carbonyl (C=O) groups excluding carboxylic acids is 1. The van der Waals surface area contributed by atoms with Crippen LogP contribution in [-0.2, 0) is 6.54 Å². The molecule has 2 aromatic rings. The quantitative estimate of drug-likeness (QED) is 0.887. The van der Waals surface area contributed by atoms with Crippen LogP contribution in [0, 0.1) is 0 Å². The van der Waals surface area contributed by atoms with Gasteiger partial charge in [0.1, 0.15) is 11.5 Å². The Kier molecular flexibility index (Phi) is 5.13. The van der Waals surface area contributed by atoms with Crippen LogP contribution in [0.4, 0.5) is 5.82 Å². The minimum atomic E-state index is -0.136. The molecule has 2 heterocycles. The summed E-state index contributed by atoms with van der Waals surface area (Å²) in [4.78, 5) is 24.7. The molecule has 120 valence electrons. The Balaban J connectivity index is 1.52. The van der Waals surface area contributed by atoms with Crippen LogP contribution in [0.15, 0.2) is 36.9 Å². The van der Waals surface area contributed by atoms with Gasteiger partial charge in [-0.3, -0.25) is 9.78 Å². The number of hydrogen-bond donors (Lipinski definition) is 2. The summed E-state index contributed by atoms with van der Waals surface area (Å²) in [6.07, 6.45) is 12.4. The van der Waals surface area contributed by atoms with Gasteiger partial charge in [-0.1, -0.05) is 25.3 Å². The third-order valence-electron chi connectivity index (χ3n) is 4.02. The first-order chi connectivity index (χ1) is 11.3. The molecule has 2 aromatic heterocycles. The van der Waals surface area contributed by atoms with Gasteiger partial charge in [-0.2, -0.15) is 0 Å². The van der Waals surface area contributed by atoms with Gasteiger partial charge in [0.2, 0.25) is 0 Å². The molecule has 0 aromatic carbocycles. The Morgan fingerprint density at radius 3 is 2.70 bits per heavy atom. The van der Waals surface area contributed by atoms with Crippen molar-refractivity contribution in [3.05, 3.63) is 48.2 Å². The largest absolute Gasteiger partial charge is 0.365 e. The van der Waals surface area contributed by atoms with Crippen LogP contribution in [-0.4, -0.2) is 26.9 Å². The predicted molar refractivity (Wildman–Crippen MR) is 87.9 cm³/mol. The Labute approximate surface area is 135 Å². The molecule has 1 amide bonds. The number of aromatic nitrogens is 3. The van der Waals surface area contributed by atoms with Crippen molar-refractivity contribution in [3.63, 3.8) is 0 Å². The summed E-state index contributed by atoms with van der Waals surface area (Å²) in [6, 6.07) is 4.15. The van der Waals surface area contributed by atoms with Crippen LogP contribution in [0.3, 0.4) is 0 Å². The van der Waals surface area contributed by atoms with Crippen molar-refractivity contribution >= 4 is 11.7 Å². The van der Waals surface area contributed by atoms with Crippen LogP contribution in [0.2, 0.25) is 0 Å². The fourth-order valence-electron chi connectivity index (χ4n) is 2.74. The first kappa shape index (κ1) is 15.4. The minimum absolute atomic E-state index is 0.136. The van der Waals surface area contributed by atoms with Gasteiger partial charge in [-0.15, -0.1) is 0 Å². The molecule has 0 spiro atoms. The summed E-state index contributed by atoms with van der Waals surface area (Å²) < 4.78 is 0. The Morgan fingerprint density at radius 1 is 1.13 bits per heavy atom. The van der Waals surface area contributed by atoms with Gasteiger partial charge in [-0.25, -0.2) is 9.97 Å². The maximum Gasteiger partial charge on any atom is 0.271 e. The van der Waals surface area contributed by atoms with E-state index in [2.05, 4.69) is 25.6 Å². The lowest BCUT2D eigenvalue weighted by molar-refractivity contribution is 0.0922. The van der Waals surface area contributed by atoms with Crippen molar-refractivity contribution in [2.75, 3.05) is 5.32 Å². The zero-order chi connectivity index (χ0) is 15.9. The van der Waals surface area contributed by atoms with E-state index in [-0.39, 0.29) is 11.9 Å². The molecule has 0 atom stereocenters. The van der Waals surface area contributed by atoms with E-state index in [9.17, 15) is 4.79 Å². The average Bonchev–Trinajstić information content (AvgIpc) is 2.62. The molecular weight excluding hydrogens is 290 g/mol. The fraction of sp³-hybridized carbons (Fsp3) is 0.412. The van der Waals surface area contributed by atoms with Crippen molar-refractivity contribution in [1.82, 2.24) is 20.3 Å². The average molecular weight is 311 g/mol. The summed E-state index contributed by atoms with van der Waals surface area (Å²) in [5.41, 5.74) is 1.43. The Morgan fingerprint density at radius 2 is 2.00 bits per heavy atom. The van der Waals surface area contributed by atoms with E-state index in [1.54, 1.807) is 18.6 Å². The molecule has 0 saturated heterocycles. The second-order valence-electron chi connectivity index (χ2n) is 5.81. The molecule has 2 N–H and O–H groups in total. The smallest absolute Gasteiger partial charge is 0.271 e. The number of anilines is 1. The number of hydrogen-bond acceptors (Lipinski definition) is 5. The SMILES string of the molecule is O=C(NC1CCCCC1)c1cnc(NCc2cccnc2)cn1. The van der Waals surface area contributed by atoms with Gasteiger partial charge >= 0.3 is 0 Å². The van der Waals surface area contributed by atoms with Gasteiger partial charge in [0, 0.05) is 25.0 Å². The molecule has 1 aliphatic rings. The van der Waals surface area contributed by atoms with E-state index < -0.39 is 0 Å². The molecule has 0 unspecified atom stereocenters. The van der Waals surface area contributed by atoms with Gasteiger partial charge in [-0.05, 0) is 24.5 Å². The highest BCUT2D eigenvalue weighted by Gasteiger charge is 2.17. The maximum absolute atomic E-state index is 12.2. The molecule has 1 fully saturated rings. The molecule has 6 heteroatoms. The van der Waals surface area contributed by atoms with Gasteiger partial charge < -0.3 is 10.6 Å². The zero-order valence-electron chi connectivity index (χ0n) is 13.0. The highest BCUT2D eigenvalue weighted by molar-refractivity contribution is 5.92. The van der Waals surface area contributed by atoms with E-state index in [4.69, 9.17) is 0 Å². The van der Waals surface area contributed by atoms with Crippen LogP contribution in [0.1, 0.15) is 48.2 Å². The number of rotatable bonds is 5. The van der Waals surface area contributed by atoms with E-state index in [1.165, 1.54) is 25.5 Å². The van der Waals surface area contributed by atoms with E-state index in [1.807, 2.05) is 12.1 Å². The molecular formula is C17H21N5O. The monoisotopic (exact) mass is 311 g/mol. The molecule has 1 aliphatic carbocycles. The van der Waals surface area contributed by atoms with Crippen LogP contribution >= 0.6 is 0 Å². The number of nitrogens with one attached hydrogen (secondary N) is 2. The third kappa shape index (κ3) is 4.48. The zero-order valence-corrected chi connectivity index (χ0v) is 13.0. The second-order valence-corrected chi connectivity index (χ2v) is 5.81. The topological polar surface area (TPSA) is 79.8 Å². The number of nitrogens with zero attached hydrogens (tertiary/aromatic N) is 3. The van der Waals surface area contributed by atoms with Crippen LogP contribution in [0.25, 0.3) is 0 Å². The lowest BCUT2D eigenvalue weighted by atomic mass is 9.95. The van der Waals surface area contributed by atoms with Gasteiger partial charge in [0.25, 0.3) is 5.91 Å². The summed E-state index contributed by atoms with van der Waals surface area (Å²) in [6.45, 7) is 0.621. The lowest BCUT2D eigenvalue weighted by Gasteiger charge is -2.22. The lowest BCUT2D eigenvalue weighted by Crippen LogP contribution is -2.36. The van der Waals surface area contributed by atoms with Crippen molar-refractivity contribution in [3.8, 4) is 0 Å². The van der Waals surface area contributed by atoms with Gasteiger partial charge in [0.15, 0.2) is 0 Å². The highest BCUT2D eigenvalue weighted by atomic mass is 16.1. The predicted octanol–water partition coefficient (Wildman–Crippen LogP) is 2.55. The first-order valence-electron chi connectivity index (χ1n) is 8.07. The van der Waals surface area contributed by atoms with E-state index in [0.717, 1.165) is 18.4 Å². The number of carbonyl (C=O) groups is 1. The molecule has 6 nitrogen and oxygen atoms in total. The van der Waals surface area contributed by atoms with E-state index in [0.29, 0.717) is 18.1 Å². The normalized spacial score (nSPS) is 15.1. The second kappa shape index (κ2) is 7.67. The maximum atomic E-state index is 12.2. The molecule has 0 aliphatic heterocycles. The van der Waals surface area contributed by atoms with Crippen molar-refractivity contribution in [2.45, 2.75) is 44.7 Å².